The van der Waals surface area contributed by atoms with Gasteiger partial charge in [0.15, 0.2) is 5.11 Å². The monoisotopic (exact) mass is 353 g/mol. The quantitative estimate of drug-likeness (QED) is 0.488. The number of ether oxygens (including phenoxy) is 1. The van der Waals surface area contributed by atoms with Crippen LogP contribution in [0.3, 0.4) is 0 Å². The van der Waals surface area contributed by atoms with Crippen molar-refractivity contribution in [2.45, 2.75) is 6.61 Å². The third kappa shape index (κ3) is 4.87. The maximum atomic E-state index is 6.11. The average molecular weight is 354 g/mol. The number of benzene rings is 2. The van der Waals surface area contributed by atoms with Gasteiger partial charge in [-0.15, -0.1) is 0 Å². The highest BCUT2D eigenvalue weighted by Crippen LogP contribution is 2.25. The zero-order valence-corrected chi connectivity index (χ0v) is 13.8. The van der Waals surface area contributed by atoms with Crippen molar-refractivity contribution < 1.29 is 4.74 Å². The van der Waals surface area contributed by atoms with Gasteiger partial charge in [-0.1, -0.05) is 41.4 Å². The van der Waals surface area contributed by atoms with Gasteiger partial charge in [-0.25, -0.2) is 0 Å². The van der Waals surface area contributed by atoms with E-state index in [-0.39, 0.29) is 11.7 Å². The van der Waals surface area contributed by atoms with Gasteiger partial charge in [-0.2, -0.15) is 5.10 Å². The number of hydrogen-bond donors (Lipinski definition) is 2. The van der Waals surface area contributed by atoms with Crippen LogP contribution in [0.15, 0.2) is 47.6 Å². The van der Waals surface area contributed by atoms with Crippen molar-refractivity contribution in [3.8, 4) is 5.75 Å². The fraction of sp³-hybridized carbons (Fsp3) is 0.0667. The molecular weight excluding hydrogens is 341 g/mol. The molecule has 0 fully saturated rings. The number of nitrogens with one attached hydrogen (secondary N) is 1. The van der Waals surface area contributed by atoms with Crippen molar-refractivity contribution in [1.82, 2.24) is 5.43 Å². The molecular formula is C15H13Cl2N3OS. The van der Waals surface area contributed by atoms with E-state index in [9.17, 15) is 0 Å². The maximum Gasteiger partial charge on any atom is 0.184 e. The minimum atomic E-state index is 0.108. The molecule has 0 aliphatic carbocycles. The number of rotatable bonds is 5. The molecule has 22 heavy (non-hydrogen) atoms. The number of nitrogens with two attached hydrogens (primary N) is 1. The molecule has 0 amide bonds. The van der Waals surface area contributed by atoms with E-state index in [0.717, 1.165) is 11.1 Å². The van der Waals surface area contributed by atoms with Crippen LogP contribution in [-0.2, 0) is 6.61 Å². The zero-order valence-electron chi connectivity index (χ0n) is 11.4. The minimum absolute atomic E-state index is 0.108. The van der Waals surface area contributed by atoms with Crippen molar-refractivity contribution in [1.29, 1.82) is 0 Å². The molecule has 7 heteroatoms. The Bertz CT molecular complexity index is 687. The second kappa shape index (κ2) is 7.98. The first-order valence-corrected chi connectivity index (χ1v) is 7.47. The molecule has 0 aliphatic heterocycles. The highest BCUT2D eigenvalue weighted by atomic mass is 35.5. The molecule has 0 unspecified atom stereocenters. The van der Waals surface area contributed by atoms with E-state index in [0.29, 0.717) is 15.8 Å². The Morgan fingerprint density at radius 1 is 1.23 bits per heavy atom. The van der Waals surface area contributed by atoms with Crippen molar-refractivity contribution in [3.05, 3.63) is 63.6 Å². The van der Waals surface area contributed by atoms with Crippen LogP contribution in [0.4, 0.5) is 0 Å². The van der Waals surface area contributed by atoms with E-state index in [4.69, 9.17) is 33.7 Å². The zero-order chi connectivity index (χ0) is 15.9. The second-order valence-electron chi connectivity index (χ2n) is 4.30. The van der Waals surface area contributed by atoms with Crippen molar-refractivity contribution in [2.24, 2.45) is 10.8 Å². The van der Waals surface area contributed by atoms with Crippen LogP contribution in [0.2, 0.25) is 10.0 Å². The Morgan fingerprint density at radius 2 is 1.91 bits per heavy atom. The lowest BCUT2D eigenvalue weighted by Gasteiger charge is -2.09. The molecule has 0 radical (unpaired) electrons. The smallest absolute Gasteiger partial charge is 0.184 e. The molecule has 0 spiro atoms. The highest BCUT2D eigenvalue weighted by Gasteiger charge is 2.06. The van der Waals surface area contributed by atoms with E-state index in [1.807, 2.05) is 24.3 Å². The first-order chi connectivity index (χ1) is 10.6. The Labute approximate surface area is 143 Å². The molecule has 0 atom stereocenters. The van der Waals surface area contributed by atoms with Gasteiger partial charge in [0.25, 0.3) is 0 Å². The van der Waals surface area contributed by atoms with Crippen LogP contribution in [0.1, 0.15) is 11.1 Å². The molecule has 0 saturated carbocycles. The summed E-state index contributed by atoms with van der Waals surface area (Å²) < 4.78 is 5.72. The van der Waals surface area contributed by atoms with Crippen LogP contribution in [0, 0.1) is 0 Å². The highest BCUT2D eigenvalue weighted by molar-refractivity contribution is 7.80. The molecule has 4 nitrogen and oxygen atoms in total. The van der Waals surface area contributed by atoms with E-state index in [1.165, 1.54) is 0 Å². The summed E-state index contributed by atoms with van der Waals surface area (Å²) in [7, 11) is 0. The van der Waals surface area contributed by atoms with Gasteiger partial charge in [0.2, 0.25) is 0 Å². The third-order valence-corrected chi connectivity index (χ3v) is 3.49. The summed E-state index contributed by atoms with van der Waals surface area (Å²) in [4.78, 5) is 0. The first-order valence-electron chi connectivity index (χ1n) is 6.30. The van der Waals surface area contributed by atoms with E-state index < -0.39 is 0 Å². The normalized spacial score (nSPS) is 10.6. The molecule has 3 N–H and O–H groups in total. The molecule has 0 heterocycles. The average Bonchev–Trinajstić information content (AvgIpc) is 2.47. The Kier molecular flexibility index (Phi) is 6.00. The van der Waals surface area contributed by atoms with E-state index in [1.54, 1.807) is 24.4 Å². The fourth-order valence-electron chi connectivity index (χ4n) is 1.68. The second-order valence-corrected chi connectivity index (χ2v) is 5.55. The maximum absolute atomic E-state index is 6.11. The number of nitrogens with zero attached hydrogens (tertiary/aromatic N) is 1. The predicted octanol–water partition coefficient (Wildman–Crippen LogP) is 3.74. The Morgan fingerprint density at radius 3 is 2.59 bits per heavy atom. The first kappa shape index (κ1) is 16.5. The number of thiocarbonyl (C=S) groups is 1. The molecule has 2 aromatic rings. The summed E-state index contributed by atoms with van der Waals surface area (Å²) in [5.74, 6) is 0.676. The molecule has 0 bridgehead atoms. The molecule has 0 aromatic heterocycles. The van der Waals surface area contributed by atoms with E-state index in [2.05, 4.69) is 22.7 Å². The van der Waals surface area contributed by atoms with Gasteiger partial charge in [0.05, 0.1) is 6.21 Å². The van der Waals surface area contributed by atoms with Crippen molar-refractivity contribution in [3.63, 3.8) is 0 Å². The lowest BCUT2D eigenvalue weighted by Crippen LogP contribution is -2.23. The lowest BCUT2D eigenvalue weighted by atomic mass is 10.2. The number of hydrogen-bond acceptors (Lipinski definition) is 3. The summed E-state index contributed by atoms with van der Waals surface area (Å²) in [6, 6.07) is 12.7. The van der Waals surface area contributed by atoms with E-state index >= 15 is 0 Å². The molecule has 0 saturated heterocycles. The van der Waals surface area contributed by atoms with Gasteiger partial charge in [0.1, 0.15) is 12.4 Å². The fourth-order valence-corrected chi connectivity index (χ4v) is 2.24. The molecule has 0 aliphatic rings. The summed E-state index contributed by atoms with van der Waals surface area (Å²) in [5.41, 5.74) is 9.36. The standard InChI is InChI=1S/C15H13Cl2N3OS/c16-13-5-2-6-14(17)12(13)9-21-11-4-1-3-10(7-11)8-19-20-15(18)22/h1-8H,9H2,(H3,18,20,22)/b19-8+. The van der Waals surface area contributed by atoms with Gasteiger partial charge < -0.3 is 10.5 Å². The molecule has 2 rings (SSSR count). The summed E-state index contributed by atoms with van der Waals surface area (Å²) >= 11 is 16.9. The van der Waals surface area contributed by atoms with Gasteiger partial charge in [0, 0.05) is 15.6 Å². The summed E-state index contributed by atoms with van der Waals surface area (Å²) in [6.45, 7) is 0.282. The molecule has 2 aromatic carbocycles. The van der Waals surface area contributed by atoms with Crippen molar-refractivity contribution >= 4 is 46.7 Å². The Balaban J connectivity index is 2.04. The number of halogens is 2. The van der Waals surface area contributed by atoms with Gasteiger partial charge in [-0.05, 0) is 42.0 Å². The summed E-state index contributed by atoms with van der Waals surface area (Å²) in [6.07, 6.45) is 1.59. The number of hydrazone groups is 1. The SMILES string of the molecule is NC(=S)N/N=C/c1cccc(OCc2c(Cl)cccc2Cl)c1. The van der Waals surface area contributed by atoms with Crippen LogP contribution >= 0.6 is 35.4 Å². The summed E-state index contributed by atoms with van der Waals surface area (Å²) in [5, 5.41) is 5.15. The van der Waals surface area contributed by atoms with Crippen molar-refractivity contribution in [2.75, 3.05) is 0 Å². The minimum Gasteiger partial charge on any atom is -0.489 e. The van der Waals surface area contributed by atoms with Gasteiger partial charge >= 0.3 is 0 Å². The molecule has 114 valence electrons. The Hall–Kier alpha value is -1.82. The van der Waals surface area contributed by atoms with Crippen LogP contribution < -0.4 is 15.9 Å². The van der Waals surface area contributed by atoms with Crippen LogP contribution in [0.25, 0.3) is 0 Å². The third-order valence-electron chi connectivity index (χ3n) is 2.69. The van der Waals surface area contributed by atoms with Crippen LogP contribution in [-0.4, -0.2) is 11.3 Å². The topological polar surface area (TPSA) is 59.6 Å². The van der Waals surface area contributed by atoms with Gasteiger partial charge in [-0.3, -0.25) is 5.43 Å². The largest absolute Gasteiger partial charge is 0.489 e. The predicted molar refractivity (Wildman–Crippen MR) is 94.8 cm³/mol. The lowest BCUT2D eigenvalue weighted by molar-refractivity contribution is 0.306. The van der Waals surface area contributed by atoms with Crippen LogP contribution in [0.5, 0.6) is 5.75 Å².